The molecule has 0 radical (unpaired) electrons. The second kappa shape index (κ2) is 4.01. The van der Waals surface area contributed by atoms with Crippen LogP contribution in [0.4, 0.5) is 0 Å². The molecule has 1 fully saturated rings. The van der Waals surface area contributed by atoms with E-state index in [1.165, 1.54) is 0 Å². The van der Waals surface area contributed by atoms with Crippen LogP contribution in [0.1, 0.15) is 18.0 Å². The van der Waals surface area contributed by atoms with E-state index >= 15 is 0 Å². The molecule has 1 aromatic carbocycles. The van der Waals surface area contributed by atoms with Crippen LogP contribution in [0.15, 0.2) is 36.5 Å². The lowest BCUT2D eigenvalue weighted by molar-refractivity contribution is -0.119. The Labute approximate surface area is 98.4 Å². The molecule has 0 spiro atoms. The third-order valence-corrected chi connectivity index (χ3v) is 2.93. The first-order valence-electron chi connectivity index (χ1n) is 5.57. The maximum absolute atomic E-state index is 11.1. The summed E-state index contributed by atoms with van der Waals surface area (Å²) in [6.07, 6.45) is 2.40. The van der Waals surface area contributed by atoms with Gasteiger partial charge in [0.25, 0.3) is 0 Å². The van der Waals surface area contributed by atoms with Gasteiger partial charge in [0.1, 0.15) is 0 Å². The number of benzene rings is 1. The van der Waals surface area contributed by atoms with Crippen molar-refractivity contribution in [2.75, 3.05) is 6.54 Å². The van der Waals surface area contributed by atoms with Gasteiger partial charge in [-0.05, 0) is 12.1 Å². The second-order valence-corrected chi connectivity index (χ2v) is 4.13. The van der Waals surface area contributed by atoms with E-state index in [1.807, 2.05) is 36.5 Å². The molecule has 0 aliphatic carbocycles. The van der Waals surface area contributed by atoms with Gasteiger partial charge in [-0.1, -0.05) is 23.4 Å². The van der Waals surface area contributed by atoms with E-state index in [2.05, 4.69) is 15.6 Å². The molecule has 2 heterocycles. The third-order valence-electron chi connectivity index (χ3n) is 2.93. The monoisotopic (exact) mass is 228 g/mol. The molecule has 1 N–H and O–H groups in total. The zero-order valence-corrected chi connectivity index (χ0v) is 9.21. The van der Waals surface area contributed by atoms with Crippen LogP contribution in [0, 0.1) is 0 Å². The molecule has 5 nitrogen and oxygen atoms in total. The second-order valence-electron chi connectivity index (χ2n) is 4.13. The molecule has 1 amide bonds. The molecule has 86 valence electrons. The number of nitrogens with one attached hydrogen (secondary N) is 1. The molecule has 1 aliphatic heterocycles. The van der Waals surface area contributed by atoms with Crippen molar-refractivity contribution in [3.8, 4) is 5.69 Å². The zero-order valence-electron chi connectivity index (χ0n) is 9.21. The Hall–Kier alpha value is -2.17. The Morgan fingerprint density at radius 1 is 1.29 bits per heavy atom. The smallest absolute Gasteiger partial charge is 0.220 e. The maximum atomic E-state index is 11.1. The molecule has 5 heteroatoms. The first-order chi connectivity index (χ1) is 8.33. The van der Waals surface area contributed by atoms with Gasteiger partial charge in [-0.15, -0.1) is 5.10 Å². The van der Waals surface area contributed by atoms with E-state index in [0.717, 1.165) is 11.4 Å². The lowest BCUT2D eigenvalue weighted by Gasteiger charge is -2.00. The predicted molar refractivity (Wildman–Crippen MR) is 61.7 cm³/mol. The summed E-state index contributed by atoms with van der Waals surface area (Å²) in [6.45, 7) is 0.659. The van der Waals surface area contributed by atoms with E-state index in [0.29, 0.717) is 13.0 Å². The summed E-state index contributed by atoms with van der Waals surface area (Å²) in [5, 5.41) is 11.0. The van der Waals surface area contributed by atoms with Gasteiger partial charge in [0, 0.05) is 18.9 Å². The Bertz CT molecular complexity index is 534. The van der Waals surface area contributed by atoms with Gasteiger partial charge in [-0.25, -0.2) is 4.68 Å². The molecule has 1 atom stereocenters. The van der Waals surface area contributed by atoms with Gasteiger partial charge in [0.2, 0.25) is 5.91 Å². The van der Waals surface area contributed by atoms with E-state index in [-0.39, 0.29) is 11.8 Å². The fraction of sp³-hybridized carbons (Fsp3) is 0.250. The Kier molecular flexibility index (Phi) is 2.36. The first-order valence-corrected chi connectivity index (χ1v) is 5.57. The van der Waals surface area contributed by atoms with Gasteiger partial charge in [0.15, 0.2) is 0 Å². The summed E-state index contributed by atoms with van der Waals surface area (Å²) in [5.74, 6) is 0.240. The summed E-state index contributed by atoms with van der Waals surface area (Å²) in [6, 6.07) is 9.81. The highest BCUT2D eigenvalue weighted by Gasteiger charge is 2.25. The van der Waals surface area contributed by atoms with E-state index in [9.17, 15) is 4.79 Å². The molecule has 1 aliphatic rings. The minimum atomic E-state index is 0.0873. The van der Waals surface area contributed by atoms with Crippen molar-refractivity contribution in [1.29, 1.82) is 0 Å². The van der Waals surface area contributed by atoms with Crippen molar-refractivity contribution in [3.05, 3.63) is 42.2 Å². The van der Waals surface area contributed by atoms with Crippen LogP contribution in [0.3, 0.4) is 0 Å². The summed E-state index contributed by atoms with van der Waals surface area (Å²) >= 11 is 0. The van der Waals surface area contributed by atoms with Crippen LogP contribution in [0.5, 0.6) is 0 Å². The van der Waals surface area contributed by atoms with Crippen LogP contribution in [-0.4, -0.2) is 27.4 Å². The average Bonchev–Trinajstić information content (AvgIpc) is 2.98. The minimum Gasteiger partial charge on any atom is -0.355 e. The molecular weight excluding hydrogens is 216 g/mol. The summed E-state index contributed by atoms with van der Waals surface area (Å²) in [4.78, 5) is 11.1. The van der Waals surface area contributed by atoms with Crippen molar-refractivity contribution < 1.29 is 4.79 Å². The molecule has 1 unspecified atom stereocenters. The molecule has 1 saturated heterocycles. The number of hydrogen-bond acceptors (Lipinski definition) is 3. The van der Waals surface area contributed by atoms with E-state index in [4.69, 9.17) is 0 Å². The first kappa shape index (κ1) is 10.0. The highest BCUT2D eigenvalue weighted by atomic mass is 16.1. The van der Waals surface area contributed by atoms with Gasteiger partial charge >= 0.3 is 0 Å². The molecule has 3 rings (SSSR count). The standard InChI is InChI=1S/C12H12N4O/c17-12-6-9(7-13-12)11-8-16(15-14-11)10-4-2-1-3-5-10/h1-5,8-9H,6-7H2,(H,13,17). The van der Waals surface area contributed by atoms with Crippen molar-refractivity contribution in [3.63, 3.8) is 0 Å². The van der Waals surface area contributed by atoms with Crippen LogP contribution >= 0.6 is 0 Å². The van der Waals surface area contributed by atoms with Gasteiger partial charge in [0.05, 0.1) is 17.6 Å². The topological polar surface area (TPSA) is 59.8 Å². The Morgan fingerprint density at radius 3 is 2.82 bits per heavy atom. The highest BCUT2D eigenvalue weighted by molar-refractivity contribution is 5.79. The van der Waals surface area contributed by atoms with Gasteiger partial charge in [-0.3, -0.25) is 4.79 Å². The van der Waals surface area contributed by atoms with Crippen molar-refractivity contribution in [2.45, 2.75) is 12.3 Å². The SMILES string of the molecule is O=C1CC(c2cn(-c3ccccc3)nn2)CN1. The molecular formula is C12H12N4O. The largest absolute Gasteiger partial charge is 0.355 e. The normalized spacial score (nSPS) is 19.3. The van der Waals surface area contributed by atoms with Crippen LogP contribution in [0.25, 0.3) is 5.69 Å². The number of nitrogens with zero attached hydrogens (tertiary/aromatic N) is 3. The molecule has 0 saturated carbocycles. The van der Waals surface area contributed by atoms with Gasteiger partial charge in [-0.2, -0.15) is 0 Å². The van der Waals surface area contributed by atoms with Crippen LogP contribution in [0.2, 0.25) is 0 Å². The lowest BCUT2D eigenvalue weighted by Crippen LogP contribution is -2.13. The quantitative estimate of drug-likeness (QED) is 0.829. The van der Waals surface area contributed by atoms with Crippen molar-refractivity contribution in [2.24, 2.45) is 0 Å². The minimum absolute atomic E-state index is 0.0873. The molecule has 17 heavy (non-hydrogen) atoms. The number of carbonyl (C=O) groups is 1. The summed E-state index contributed by atoms with van der Waals surface area (Å²) in [7, 11) is 0. The van der Waals surface area contributed by atoms with E-state index in [1.54, 1.807) is 4.68 Å². The number of para-hydroxylation sites is 1. The number of amides is 1. The fourth-order valence-electron chi connectivity index (χ4n) is 1.99. The van der Waals surface area contributed by atoms with E-state index < -0.39 is 0 Å². The van der Waals surface area contributed by atoms with Crippen LogP contribution < -0.4 is 5.32 Å². The Balaban J connectivity index is 1.86. The average molecular weight is 228 g/mol. The molecule has 0 bridgehead atoms. The summed E-state index contributed by atoms with van der Waals surface area (Å²) < 4.78 is 1.73. The zero-order chi connectivity index (χ0) is 11.7. The maximum Gasteiger partial charge on any atom is 0.220 e. The highest BCUT2D eigenvalue weighted by Crippen LogP contribution is 2.21. The molecule has 1 aromatic heterocycles. The fourth-order valence-corrected chi connectivity index (χ4v) is 1.99. The van der Waals surface area contributed by atoms with Gasteiger partial charge < -0.3 is 5.32 Å². The number of hydrogen-bond donors (Lipinski definition) is 1. The third kappa shape index (κ3) is 1.91. The Morgan fingerprint density at radius 2 is 2.12 bits per heavy atom. The number of aromatic nitrogens is 3. The number of carbonyl (C=O) groups excluding carboxylic acids is 1. The lowest BCUT2D eigenvalue weighted by atomic mass is 10.1. The predicted octanol–water partition coefficient (Wildman–Crippen LogP) is 0.871. The molecule has 2 aromatic rings. The summed E-state index contributed by atoms with van der Waals surface area (Å²) in [5.41, 5.74) is 1.84. The van der Waals surface area contributed by atoms with Crippen LogP contribution in [-0.2, 0) is 4.79 Å². The van der Waals surface area contributed by atoms with Crippen molar-refractivity contribution >= 4 is 5.91 Å². The number of rotatable bonds is 2. The van der Waals surface area contributed by atoms with Crippen molar-refractivity contribution in [1.82, 2.24) is 20.3 Å².